The summed E-state index contributed by atoms with van der Waals surface area (Å²) < 4.78 is 16.6. The van der Waals surface area contributed by atoms with Gasteiger partial charge in [0.2, 0.25) is 11.8 Å². The van der Waals surface area contributed by atoms with Crippen molar-refractivity contribution in [1.82, 2.24) is 10.2 Å². The van der Waals surface area contributed by atoms with Crippen LogP contribution in [0.15, 0.2) is 72.1 Å². The van der Waals surface area contributed by atoms with Gasteiger partial charge in [-0.25, -0.2) is 0 Å². The molecular weight excluding hydrogens is 404 g/mol. The summed E-state index contributed by atoms with van der Waals surface area (Å²) in [5, 5.41) is 19.6. The van der Waals surface area contributed by atoms with Crippen molar-refractivity contribution in [2.24, 2.45) is 5.73 Å². The summed E-state index contributed by atoms with van der Waals surface area (Å²) in [5.74, 6) is 1.06. The van der Waals surface area contributed by atoms with Gasteiger partial charge < -0.3 is 19.9 Å². The van der Waals surface area contributed by atoms with Crippen LogP contribution in [0.3, 0.4) is 0 Å². The fraction of sp³-hybridized carbons (Fsp3) is 0.120. The van der Waals surface area contributed by atoms with E-state index in [2.05, 4.69) is 40.5 Å². The van der Waals surface area contributed by atoms with Gasteiger partial charge >= 0.3 is 0 Å². The van der Waals surface area contributed by atoms with Crippen molar-refractivity contribution in [3.8, 4) is 34.7 Å². The molecule has 0 saturated heterocycles. The fourth-order valence-electron chi connectivity index (χ4n) is 4.18. The summed E-state index contributed by atoms with van der Waals surface area (Å²) in [6.07, 6.45) is 0. The van der Waals surface area contributed by atoms with Crippen LogP contribution >= 0.6 is 0 Å². The summed E-state index contributed by atoms with van der Waals surface area (Å²) >= 11 is 0. The number of fused-ring (bicyclic) bond motifs is 2. The second-order valence-corrected chi connectivity index (χ2v) is 7.42. The minimum absolute atomic E-state index is 0.0383. The molecule has 0 saturated carbocycles. The molecule has 1 aliphatic heterocycles. The highest BCUT2D eigenvalue weighted by molar-refractivity contribution is 5.87. The summed E-state index contributed by atoms with van der Waals surface area (Å²) in [7, 11) is 3.15. The van der Waals surface area contributed by atoms with Crippen molar-refractivity contribution in [3.63, 3.8) is 0 Å². The molecule has 4 aromatic rings. The SMILES string of the molecule is COc1ccc([C@H]2C(C#N)=C(N)Oc3n[nH]c(-c4ccc5ccccc5c4)c32)cc1OC. The van der Waals surface area contributed by atoms with Crippen LogP contribution in [-0.2, 0) is 0 Å². The first-order valence-electron chi connectivity index (χ1n) is 10.0. The molecule has 3 N–H and O–H groups in total. The van der Waals surface area contributed by atoms with Gasteiger partial charge in [0.15, 0.2) is 11.5 Å². The maximum Gasteiger partial charge on any atom is 0.244 e. The molecule has 7 heteroatoms. The van der Waals surface area contributed by atoms with Crippen molar-refractivity contribution in [2.75, 3.05) is 14.2 Å². The van der Waals surface area contributed by atoms with Gasteiger partial charge in [-0.2, -0.15) is 5.26 Å². The molecule has 5 rings (SSSR count). The molecule has 1 atom stereocenters. The highest BCUT2D eigenvalue weighted by atomic mass is 16.5. The van der Waals surface area contributed by atoms with E-state index >= 15 is 0 Å². The molecule has 2 heterocycles. The number of benzene rings is 3. The van der Waals surface area contributed by atoms with E-state index in [1.54, 1.807) is 14.2 Å². The Morgan fingerprint density at radius 1 is 1.00 bits per heavy atom. The number of aromatic nitrogens is 2. The standard InChI is InChI=1S/C25H20N4O3/c1-30-19-10-9-16(12-20(19)31-2)21-18(13-26)24(27)32-25-22(21)23(28-29-25)17-8-7-14-5-3-4-6-15(14)11-17/h3-12,21H,27H2,1-2H3,(H,28,29)/t21-/m0/s1. The van der Waals surface area contributed by atoms with E-state index in [0.717, 1.165) is 33.2 Å². The first kappa shape index (κ1) is 19.5. The molecule has 158 valence electrons. The third-order valence-corrected chi connectivity index (χ3v) is 5.72. The quantitative estimate of drug-likeness (QED) is 0.501. The molecule has 32 heavy (non-hydrogen) atoms. The second kappa shape index (κ2) is 7.67. The number of nitriles is 1. The predicted molar refractivity (Wildman–Crippen MR) is 120 cm³/mol. The van der Waals surface area contributed by atoms with Crippen LogP contribution in [0.25, 0.3) is 22.0 Å². The van der Waals surface area contributed by atoms with Crippen molar-refractivity contribution in [3.05, 3.63) is 83.2 Å². The maximum absolute atomic E-state index is 9.93. The van der Waals surface area contributed by atoms with Gasteiger partial charge in [0.25, 0.3) is 0 Å². The van der Waals surface area contributed by atoms with Gasteiger partial charge in [-0.1, -0.05) is 42.5 Å². The molecule has 0 spiro atoms. The lowest BCUT2D eigenvalue weighted by molar-refractivity contribution is 0.354. The predicted octanol–water partition coefficient (Wildman–Crippen LogP) is 4.47. The van der Waals surface area contributed by atoms with Crippen LogP contribution < -0.4 is 19.9 Å². The number of rotatable bonds is 4. The van der Waals surface area contributed by atoms with Crippen molar-refractivity contribution in [1.29, 1.82) is 5.26 Å². The zero-order valence-electron chi connectivity index (χ0n) is 17.5. The van der Waals surface area contributed by atoms with Crippen molar-refractivity contribution in [2.45, 2.75) is 5.92 Å². The third-order valence-electron chi connectivity index (χ3n) is 5.72. The number of nitrogens with one attached hydrogen (secondary N) is 1. The Morgan fingerprint density at radius 3 is 2.53 bits per heavy atom. The van der Waals surface area contributed by atoms with E-state index in [9.17, 15) is 5.26 Å². The van der Waals surface area contributed by atoms with Gasteiger partial charge in [-0.05, 0) is 34.5 Å². The number of methoxy groups -OCH3 is 2. The number of hydrogen-bond acceptors (Lipinski definition) is 6. The monoisotopic (exact) mass is 424 g/mol. The number of hydrogen-bond donors (Lipinski definition) is 2. The smallest absolute Gasteiger partial charge is 0.244 e. The van der Waals surface area contributed by atoms with E-state index in [1.807, 2.05) is 36.4 Å². The van der Waals surface area contributed by atoms with Crippen LogP contribution in [0.2, 0.25) is 0 Å². The first-order chi connectivity index (χ1) is 15.6. The molecule has 7 nitrogen and oxygen atoms in total. The van der Waals surface area contributed by atoms with E-state index in [4.69, 9.17) is 19.9 Å². The topological polar surface area (TPSA) is 106 Å². The second-order valence-electron chi connectivity index (χ2n) is 7.42. The molecule has 0 amide bonds. The zero-order chi connectivity index (χ0) is 22.2. The molecule has 0 unspecified atom stereocenters. The van der Waals surface area contributed by atoms with E-state index in [0.29, 0.717) is 23.0 Å². The molecule has 0 fully saturated rings. The van der Waals surface area contributed by atoms with Gasteiger partial charge in [0, 0.05) is 5.56 Å². The Labute approximate surface area is 184 Å². The number of nitrogens with zero attached hydrogens (tertiary/aromatic N) is 2. The Morgan fingerprint density at radius 2 is 1.78 bits per heavy atom. The minimum atomic E-state index is -0.483. The number of aromatic amines is 1. The van der Waals surface area contributed by atoms with Crippen LogP contribution in [0, 0.1) is 11.3 Å². The van der Waals surface area contributed by atoms with E-state index in [1.165, 1.54) is 0 Å². The third kappa shape index (κ3) is 3.01. The van der Waals surface area contributed by atoms with Gasteiger partial charge in [-0.3, -0.25) is 5.10 Å². The van der Waals surface area contributed by atoms with Gasteiger partial charge in [0.1, 0.15) is 11.6 Å². The molecule has 0 radical (unpaired) electrons. The fourth-order valence-corrected chi connectivity index (χ4v) is 4.18. The van der Waals surface area contributed by atoms with Crippen LogP contribution in [0.5, 0.6) is 17.4 Å². The molecule has 0 aliphatic carbocycles. The highest BCUT2D eigenvalue weighted by Gasteiger charge is 2.36. The Bertz CT molecular complexity index is 1410. The van der Waals surface area contributed by atoms with E-state index in [-0.39, 0.29) is 5.88 Å². The molecule has 1 aromatic heterocycles. The number of H-pyrrole nitrogens is 1. The van der Waals surface area contributed by atoms with Crippen molar-refractivity contribution >= 4 is 10.8 Å². The normalized spacial score (nSPS) is 15.1. The molecule has 3 aromatic carbocycles. The van der Waals surface area contributed by atoms with E-state index < -0.39 is 5.92 Å². The largest absolute Gasteiger partial charge is 0.493 e. The zero-order valence-corrected chi connectivity index (χ0v) is 17.5. The summed E-state index contributed by atoms with van der Waals surface area (Å²) in [5.41, 5.74) is 9.69. The molecule has 0 bridgehead atoms. The maximum atomic E-state index is 9.93. The lowest BCUT2D eigenvalue weighted by Crippen LogP contribution is -2.21. The number of nitrogens with two attached hydrogens (primary N) is 1. The molecular formula is C25H20N4O3. The summed E-state index contributed by atoms with van der Waals surface area (Å²) in [4.78, 5) is 0. The summed E-state index contributed by atoms with van der Waals surface area (Å²) in [6, 6.07) is 22.1. The minimum Gasteiger partial charge on any atom is -0.493 e. The average Bonchev–Trinajstić information content (AvgIpc) is 3.25. The number of allylic oxidation sites excluding steroid dienone is 1. The Balaban J connectivity index is 1.72. The van der Waals surface area contributed by atoms with Gasteiger partial charge in [0.05, 0.1) is 31.4 Å². The van der Waals surface area contributed by atoms with Crippen LogP contribution in [0.1, 0.15) is 17.0 Å². The Kier molecular flexibility index (Phi) is 4.68. The van der Waals surface area contributed by atoms with Crippen LogP contribution in [0.4, 0.5) is 0 Å². The average molecular weight is 424 g/mol. The van der Waals surface area contributed by atoms with Crippen LogP contribution in [-0.4, -0.2) is 24.4 Å². The molecule has 1 aliphatic rings. The van der Waals surface area contributed by atoms with Crippen molar-refractivity contribution < 1.29 is 14.2 Å². The lowest BCUT2D eigenvalue weighted by Gasteiger charge is -2.24. The lowest BCUT2D eigenvalue weighted by atomic mass is 9.82. The summed E-state index contributed by atoms with van der Waals surface area (Å²) in [6.45, 7) is 0. The number of ether oxygens (including phenoxy) is 3. The first-order valence-corrected chi connectivity index (χ1v) is 10.0. The highest BCUT2D eigenvalue weighted by Crippen LogP contribution is 2.47. The Hall–Kier alpha value is -4.44. The van der Waals surface area contributed by atoms with Gasteiger partial charge in [-0.15, -0.1) is 5.10 Å².